The summed E-state index contributed by atoms with van der Waals surface area (Å²) in [5.41, 5.74) is -0.794. The number of hydrogen-bond acceptors (Lipinski definition) is 3. The van der Waals surface area contributed by atoms with Crippen molar-refractivity contribution in [2.45, 2.75) is 25.7 Å². The van der Waals surface area contributed by atoms with Crippen LogP contribution < -0.4 is 16.0 Å². The number of hydrogen-bond donors (Lipinski definition) is 4. The van der Waals surface area contributed by atoms with E-state index in [0.717, 1.165) is 6.42 Å². The Bertz CT molecular complexity index is 339. The monoisotopic (exact) mass is 257 g/mol. The molecule has 3 amide bonds. The molecule has 0 atom stereocenters. The van der Waals surface area contributed by atoms with Gasteiger partial charge in [-0.25, -0.2) is 4.79 Å². The molecule has 0 unspecified atom stereocenters. The summed E-state index contributed by atoms with van der Waals surface area (Å²) < 4.78 is 0. The fourth-order valence-corrected chi connectivity index (χ4v) is 1.80. The van der Waals surface area contributed by atoms with Crippen molar-refractivity contribution in [3.05, 3.63) is 0 Å². The van der Waals surface area contributed by atoms with E-state index in [-0.39, 0.29) is 25.4 Å². The summed E-state index contributed by atoms with van der Waals surface area (Å²) in [5, 5.41) is 16.5. The first-order chi connectivity index (χ1) is 8.50. The van der Waals surface area contributed by atoms with Crippen LogP contribution in [0.5, 0.6) is 0 Å². The van der Waals surface area contributed by atoms with E-state index in [4.69, 9.17) is 5.11 Å². The second kappa shape index (κ2) is 6.23. The Labute approximate surface area is 105 Å². The normalized spacial score (nSPS) is 16.3. The number of rotatable bonds is 6. The van der Waals surface area contributed by atoms with E-state index in [9.17, 15) is 14.4 Å². The topological polar surface area (TPSA) is 108 Å². The third-order valence-corrected chi connectivity index (χ3v) is 3.27. The highest BCUT2D eigenvalue weighted by atomic mass is 16.4. The number of nitrogens with one attached hydrogen (secondary N) is 3. The molecule has 1 fully saturated rings. The molecule has 0 saturated heterocycles. The first-order valence-corrected chi connectivity index (χ1v) is 5.96. The molecule has 0 aliphatic heterocycles. The molecule has 0 radical (unpaired) electrons. The second-order valence-electron chi connectivity index (χ2n) is 4.47. The fourth-order valence-electron chi connectivity index (χ4n) is 1.80. The molecule has 1 aliphatic carbocycles. The highest BCUT2D eigenvalue weighted by molar-refractivity contribution is 5.79. The zero-order valence-electron chi connectivity index (χ0n) is 10.4. The number of urea groups is 1. The average Bonchev–Trinajstić information content (AvgIpc) is 2.26. The molecular weight excluding hydrogens is 238 g/mol. The summed E-state index contributed by atoms with van der Waals surface area (Å²) in [7, 11) is 1.52. The minimum absolute atomic E-state index is 0.133. The highest BCUT2D eigenvalue weighted by Crippen LogP contribution is 2.40. The van der Waals surface area contributed by atoms with Crippen molar-refractivity contribution < 1.29 is 19.5 Å². The smallest absolute Gasteiger partial charge is 0.314 e. The van der Waals surface area contributed by atoms with Gasteiger partial charge >= 0.3 is 12.0 Å². The largest absolute Gasteiger partial charge is 0.481 e. The minimum Gasteiger partial charge on any atom is -0.481 e. The van der Waals surface area contributed by atoms with E-state index >= 15 is 0 Å². The van der Waals surface area contributed by atoms with Crippen LogP contribution in [0.15, 0.2) is 0 Å². The van der Waals surface area contributed by atoms with E-state index in [1.807, 2.05) is 0 Å². The molecule has 1 saturated carbocycles. The molecule has 0 bridgehead atoms. The van der Waals surface area contributed by atoms with Gasteiger partial charge in [-0.3, -0.25) is 9.59 Å². The predicted molar refractivity (Wildman–Crippen MR) is 64.0 cm³/mol. The Balaban J connectivity index is 2.21. The van der Waals surface area contributed by atoms with Gasteiger partial charge in [0.2, 0.25) is 5.91 Å². The van der Waals surface area contributed by atoms with Gasteiger partial charge < -0.3 is 21.1 Å². The molecule has 1 aliphatic rings. The van der Waals surface area contributed by atoms with E-state index in [1.165, 1.54) is 7.05 Å². The molecule has 7 heteroatoms. The number of carbonyl (C=O) groups excluding carboxylic acids is 2. The molecule has 102 valence electrons. The van der Waals surface area contributed by atoms with Gasteiger partial charge in [-0.2, -0.15) is 0 Å². The Morgan fingerprint density at radius 1 is 1.22 bits per heavy atom. The van der Waals surface area contributed by atoms with Crippen molar-refractivity contribution in [3.8, 4) is 0 Å². The van der Waals surface area contributed by atoms with Gasteiger partial charge in [0.1, 0.15) is 0 Å². The van der Waals surface area contributed by atoms with Crippen LogP contribution in [0.3, 0.4) is 0 Å². The number of aliphatic carboxylic acids is 1. The number of carboxylic acids is 1. The average molecular weight is 257 g/mol. The molecule has 0 aromatic rings. The number of amides is 3. The zero-order valence-corrected chi connectivity index (χ0v) is 10.4. The molecule has 18 heavy (non-hydrogen) atoms. The Morgan fingerprint density at radius 3 is 2.33 bits per heavy atom. The molecule has 0 aromatic carbocycles. The molecule has 1 rings (SSSR count). The molecule has 0 aromatic heterocycles. The van der Waals surface area contributed by atoms with Gasteiger partial charge in [0.15, 0.2) is 0 Å². The van der Waals surface area contributed by atoms with Crippen LogP contribution in [-0.2, 0) is 9.59 Å². The van der Waals surface area contributed by atoms with Crippen LogP contribution in [0.25, 0.3) is 0 Å². The van der Waals surface area contributed by atoms with Gasteiger partial charge in [0.05, 0.1) is 5.41 Å². The summed E-state index contributed by atoms with van der Waals surface area (Å²) >= 11 is 0. The maximum Gasteiger partial charge on any atom is 0.314 e. The molecule has 0 heterocycles. The first kappa shape index (κ1) is 14.3. The lowest BCUT2D eigenvalue weighted by Gasteiger charge is -2.37. The van der Waals surface area contributed by atoms with Crippen molar-refractivity contribution in [3.63, 3.8) is 0 Å². The molecule has 4 N–H and O–H groups in total. The summed E-state index contributed by atoms with van der Waals surface area (Å²) in [6.07, 6.45) is 2.28. The van der Waals surface area contributed by atoms with Gasteiger partial charge in [-0.05, 0) is 12.8 Å². The van der Waals surface area contributed by atoms with Crippen LogP contribution in [0.4, 0.5) is 4.79 Å². The van der Waals surface area contributed by atoms with E-state index < -0.39 is 17.4 Å². The lowest BCUT2D eigenvalue weighted by Crippen LogP contribution is -2.50. The second-order valence-corrected chi connectivity index (χ2v) is 4.47. The van der Waals surface area contributed by atoms with Crippen LogP contribution in [0.2, 0.25) is 0 Å². The number of carboxylic acid groups (broad SMARTS) is 1. The van der Waals surface area contributed by atoms with E-state index in [1.54, 1.807) is 0 Å². The Kier molecular flexibility index (Phi) is 4.94. The van der Waals surface area contributed by atoms with Crippen molar-refractivity contribution in [1.29, 1.82) is 0 Å². The molecular formula is C11H19N3O4. The van der Waals surface area contributed by atoms with Crippen molar-refractivity contribution in [2.24, 2.45) is 5.41 Å². The summed E-state index contributed by atoms with van der Waals surface area (Å²) in [6, 6.07) is -0.438. The van der Waals surface area contributed by atoms with Crippen LogP contribution in [0.1, 0.15) is 25.7 Å². The van der Waals surface area contributed by atoms with Gasteiger partial charge in [-0.15, -0.1) is 0 Å². The third kappa shape index (κ3) is 3.61. The number of carbonyl (C=O) groups is 3. The SMILES string of the molecule is CNC(=O)CCNC(=O)NCC1(C(=O)O)CCC1. The maximum atomic E-state index is 11.4. The van der Waals surface area contributed by atoms with Crippen molar-refractivity contribution in [1.82, 2.24) is 16.0 Å². The quantitative estimate of drug-likeness (QED) is 0.523. The third-order valence-electron chi connectivity index (χ3n) is 3.27. The van der Waals surface area contributed by atoms with Crippen molar-refractivity contribution >= 4 is 17.9 Å². The minimum atomic E-state index is -0.862. The van der Waals surface area contributed by atoms with Crippen molar-refractivity contribution in [2.75, 3.05) is 20.1 Å². The predicted octanol–water partition coefficient (Wildman–Crippen LogP) is -0.323. The van der Waals surface area contributed by atoms with E-state index in [2.05, 4.69) is 16.0 Å². The molecule has 7 nitrogen and oxygen atoms in total. The highest BCUT2D eigenvalue weighted by Gasteiger charge is 2.44. The Morgan fingerprint density at radius 2 is 1.89 bits per heavy atom. The van der Waals surface area contributed by atoms with E-state index in [0.29, 0.717) is 12.8 Å². The molecule has 0 spiro atoms. The van der Waals surface area contributed by atoms with Gasteiger partial charge in [0.25, 0.3) is 0 Å². The van der Waals surface area contributed by atoms with Gasteiger partial charge in [0, 0.05) is 26.6 Å². The lowest BCUT2D eigenvalue weighted by molar-refractivity contribution is -0.153. The van der Waals surface area contributed by atoms with Crippen LogP contribution >= 0.6 is 0 Å². The Hall–Kier alpha value is -1.79. The first-order valence-electron chi connectivity index (χ1n) is 5.96. The zero-order chi connectivity index (χ0) is 13.6. The summed E-state index contributed by atoms with van der Waals surface area (Å²) in [6.45, 7) is 0.361. The summed E-state index contributed by atoms with van der Waals surface area (Å²) in [5.74, 6) is -1.02. The van der Waals surface area contributed by atoms with Crippen LogP contribution in [0, 0.1) is 5.41 Å². The lowest BCUT2D eigenvalue weighted by atomic mass is 9.69. The van der Waals surface area contributed by atoms with Gasteiger partial charge in [-0.1, -0.05) is 6.42 Å². The van der Waals surface area contributed by atoms with Crippen LogP contribution in [-0.4, -0.2) is 43.2 Å². The summed E-state index contributed by atoms with van der Waals surface area (Å²) in [4.78, 5) is 33.3. The fraction of sp³-hybridized carbons (Fsp3) is 0.727. The maximum absolute atomic E-state index is 11.4. The standard InChI is InChI=1S/C11H19N3O4/c1-12-8(15)3-6-13-10(18)14-7-11(9(16)17)4-2-5-11/h2-7H2,1H3,(H,12,15)(H,16,17)(H2,13,14,18).